The van der Waals surface area contributed by atoms with Crippen molar-refractivity contribution in [2.24, 2.45) is 0 Å². The molecule has 124 valence electrons. The minimum Gasteiger partial charge on any atom is -0.496 e. The lowest BCUT2D eigenvalue weighted by Gasteiger charge is -2.14. The maximum atomic E-state index is 12.6. The number of benzene rings is 2. The van der Waals surface area contributed by atoms with Gasteiger partial charge < -0.3 is 10.1 Å². The summed E-state index contributed by atoms with van der Waals surface area (Å²) >= 11 is 0. The van der Waals surface area contributed by atoms with Crippen molar-refractivity contribution in [3.8, 4) is 5.75 Å². The van der Waals surface area contributed by atoms with E-state index in [1.54, 1.807) is 31.4 Å². The number of aryl methyl sites for hydroxylation is 2. The molecule has 0 aromatic heterocycles. The number of hydrogen-bond acceptors (Lipinski definition) is 3. The average Bonchev–Trinajstić information content (AvgIpc) is 2.82. The quantitative estimate of drug-likeness (QED) is 0.880. The fourth-order valence-corrected chi connectivity index (χ4v) is 3.21. The number of rotatable bonds is 4. The van der Waals surface area contributed by atoms with Gasteiger partial charge in [-0.15, -0.1) is 0 Å². The second kappa shape index (κ2) is 6.35. The van der Waals surface area contributed by atoms with Gasteiger partial charge in [-0.3, -0.25) is 4.79 Å². The molecule has 24 heavy (non-hydrogen) atoms. The molecule has 0 bridgehead atoms. The number of ether oxygens (including phenoxy) is 1. The van der Waals surface area contributed by atoms with E-state index in [0.717, 1.165) is 22.4 Å². The van der Waals surface area contributed by atoms with Crippen LogP contribution in [0.2, 0.25) is 0 Å². The molecule has 1 atom stereocenters. The average molecular weight is 324 g/mol. The highest BCUT2D eigenvalue weighted by Crippen LogP contribution is 2.26. The van der Waals surface area contributed by atoms with Gasteiger partial charge in [0.15, 0.2) is 0 Å². The van der Waals surface area contributed by atoms with E-state index in [9.17, 15) is 9.59 Å². The molecule has 3 amide bonds. The number of carbonyl (C=O) groups is 2. The fourth-order valence-electron chi connectivity index (χ4n) is 3.21. The van der Waals surface area contributed by atoms with Gasteiger partial charge in [-0.25, -0.2) is 9.69 Å². The van der Waals surface area contributed by atoms with Crippen molar-refractivity contribution in [2.75, 3.05) is 12.0 Å². The highest BCUT2D eigenvalue weighted by atomic mass is 16.5. The van der Waals surface area contributed by atoms with E-state index in [0.29, 0.717) is 12.1 Å². The van der Waals surface area contributed by atoms with Crippen molar-refractivity contribution in [2.45, 2.75) is 26.3 Å². The minimum absolute atomic E-state index is 0.225. The third-order valence-electron chi connectivity index (χ3n) is 4.20. The van der Waals surface area contributed by atoms with E-state index < -0.39 is 6.04 Å². The number of nitrogens with one attached hydrogen (secondary N) is 1. The molecule has 1 fully saturated rings. The van der Waals surface area contributed by atoms with E-state index in [1.165, 1.54) is 4.90 Å². The Balaban J connectivity index is 1.82. The molecular formula is C19H20N2O3. The van der Waals surface area contributed by atoms with Gasteiger partial charge in [0.1, 0.15) is 11.8 Å². The molecule has 0 saturated carbocycles. The Morgan fingerprint density at radius 2 is 1.71 bits per heavy atom. The van der Waals surface area contributed by atoms with Gasteiger partial charge in [0.2, 0.25) is 0 Å². The Kier molecular flexibility index (Phi) is 4.25. The molecule has 1 aliphatic heterocycles. The van der Waals surface area contributed by atoms with Gasteiger partial charge >= 0.3 is 6.03 Å². The maximum absolute atomic E-state index is 12.6. The molecule has 1 unspecified atom stereocenters. The lowest BCUT2D eigenvalue weighted by molar-refractivity contribution is -0.118. The number of nitrogens with zero attached hydrogens (tertiary/aromatic N) is 1. The second-order valence-corrected chi connectivity index (χ2v) is 5.98. The van der Waals surface area contributed by atoms with Crippen molar-refractivity contribution in [1.82, 2.24) is 5.32 Å². The van der Waals surface area contributed by atoms with Crippen LogP contribution < -0.4 is 15.0 Å². The first-order valence-corrected chi connectivity index (χ1v) is 7.85. The summed E-state index contributed by atoms with van der Waals surface area (Å²) in [5.74, 6) is 0.628. The lowest BCUT2D eigenvalue weighted by Crippen LogP contribution is -2.32. The molecule has 0 radical (unpaired) electrons. The van der Waals surface area contributed by atoms with E-state index in [4.69, 9.17) is 4.74 Å². The Morgan fingerprint density at radius 1 is 1.08 bits per heavy atom. The number of urea groups is 1. The van der Waals surface area contributed by atoms with Gasteiger partial charge in [0.05, 0.1) is 12.8 Å². The molecule has 1 saturated heterocycles. The molecule has 0 aliphatic carbocycles. The fraction of sp³-hybridized carbons (Fsp3) is 0.263. The normalized spacial score (nSPS) is 17.1. The largest absolute Gasteiger partial charge is 0.496 e. The van der Waals surface area contributed by atoms with Gasteiger partial charge in [0, 0.05) is 6.42 Å². The summed E-state index contributed by atoms with van der Waals surface area (Å²) in [6, 6.07) is 12.0. The van der Waals surface area contributed by atoms with Crippen LogP contribution in [0.15, 0.2) is 42.5 Å². The number of para-hydroxylation sites is 1. The number of hydrogen-bond donors (Lipinski definition) is 1. The van der Waals surface area contributed by atoms with Crippen LogP contribution in [-0.4, -0.2) is 25.1 Å². The Hall–Kier alpha value is -2.82. The first-order valence-electron chi connectivity index (χ1n) is 7.85. The smallest absolute Gasteiger partial charge is 0.329 e. The molecule has 1 N–H and O–H groups in total. The molecule has 1 aliphatic rings. The minimum atomic E-state index is -0.551. The first-order chi connectivity index (χ1) is 11.5. The maximum Gasteiger partial charge on any atom is 0.329 e. The highest BCUT2D eigenvalue weighted by molar-refractivity contribution is 6.21. The molecule has 1 heterocycles. The van der Waals surface area contributed by atoms with Crippen molar-refractivity contribution < 1.29 is 14.3 Å². The molecule has 2 aromatic rings. The Morgan fingerprint density at radius 3 is 2.29 bits per heavy atom. The lowest BCUT2D eigenvalue weighted by atomic mass is 10.00. The standard InChI is InChI=1S/C19H20N2O3/c1-12-9-14(10-13(2)17(12)24-3)11-16-18(22)21(19(23)20-16)15-7-5-4-6-8-15/h4-10,16H,11H2,1-3H3,(H,20,23). The zero-order chi connectivity index (χ0) is 17.3. The molecule has 2 aromatic carbocycles. The van der Waals surface area contributed by atoms with Crippen LogP contribution >= 0.6 is 0 Å². The molecular weight excluding hydrogens is 304 g/mol. The molecule has 5 nitrogen and oxygen atoms in total. The van der Waals surface area contributed by atoms with E-state index in [1.807, 2.05) is 32.0 Å². The Bertz CT molecular complexity index is 763. The summed E-state index contributed by atoms with van der Waals surface area (Å²) in [6.07, 6.45) is 0.458. The highest BCUT2D eigenvalue weighted by Gasteiger charge is 2.38. The number of imide groups is 1. The van der Waals surface area contributed by atoms with Gasteiger partial charge in [0.25, 0.3) is 5.91 Å². The van der Waals surface area contributed by atoms with Crippen molar-refractivity contribution in [1.29, 1.82) is 0 Å². The summed E-state index contributed by atoms with van der Waals surface area (Å²) < 4.78 is 5.37. The summed E-state index contributed by atoms with van der Waals surface area (Å²) in [5, 5.41) is 2.77. The second-order valence-electron chi connectivity index (χ2n) is 5.98. The van der Waals surface area contributed by atoms with Crippen molar-refractivity contribution >= 4 is 17.6 Å². The van der Waals surface area contributed by atoms with Crippen LogP contribution in [-0.2, 0) is 11.2 Å². The number of carbonyl (C=O) groups excluding carboxylic acids is 2. The topological polar surface area (TPSA) is 58.6 Å². The molecule has 3 rings (SSSR count). The predicted octanol–water partition coefficient (Wildman–Crippen LogP) is 2.98. The summed E-state index contributed by atoms with van der Waals surface area (Å²) in [6.45, 7) is 3.95. The zero-order valence-electron chi connectivity index (χ0n) is 14.0. The van der Waals surface area contributed by atoms with Crippen LogP contribution in [0.5, 0.6) is 5.75 Å². The number of methoxy groups -OCH3 is 1. The predicted molar refractivity (Wildman–Crippen MR) is 92.4 cm³/mol. The van der Waals surface area contributed by atoms with Crippen molar-refractivity contribution in [3.05, 3.63) is 59.2 Å². The third-order valence-corrected chi connectivity index (χ3v) is 4.20. The van der Waals surface area contributed by atoms with Crippen LogP contribution in [0.4, 0.5) is 10.5 Å². The third kappa shape index (κ3) is 2.85. The summed E-state index contributed by atoms with van der Waals surface area (Å²) in [5.41, 5.74) is 3.62. The van der Waals surface area contributed by atoms with E-state index >= 15 is 0 Å². The van der Waals surface area contributed by atoms with Crippen LogP contribution in [0.25, 0.3) is 0 Å². The van der Waals surface area contributed by atoms with Crippen molar-refractivity contribution in [3.63, 3.8) is 0 Å². The first kappa shape index (κ1) is 16.1. The SMILES string of the molecule is COc1c(C)cc(CC2NC(=O)N(c3ccccc3)C2=O)cc1C. The van der Waals surface area contributed by atoms with Gasteiger partial charge in [-0.05, 0) is 42.7 Å². The zero-order valence-corrected chi connectivity index (χ0v) is 14.0. The van der Waals surface area contributed by atoms with Crippen LogP contribution in [0.3, 0.4) is 0 Å². The van der Waals surface area contributed by atoms with E-state index in [-0.39, 0.29) is 11.9 Å². The Labute approximate surface area is 141 Å². The van der Waals surface area contributed by atoms with Gasteiger partial charge in [-0.1, -0.05) is 30.3 Å². The molecule has 5 heteroatoms. The molecule has 0 spiro atoms. The van der Waals surface area contributed by atoms with Gasteiger partial charge in [-0.2, -0.15) is 0 Å². The van der Waals surface area contributed by atoms with Crippen LogP contribution in [0, 0.1) is 13.8 Å². The summed E-state index contributed by atoms with van der Waals surface area (Å²) in [7, 11) is 1.65. The number of anilines is 1. The van der Waals surface area contributed by atoms with Crippen LogP contribution in [0.1, 0.15) is 16.7 Å². The summed E-state index contributed by atoms with van der Waals surface area (Å²) in [4.78, 5) is 26.0. The monoisotopic (exact) mass is 324 g/mol. The number of amides is 3. The van der Waals surface area contributed by atoms with E-state index in [2.05, 4.69) is 5.32 Å².